The van der Waals surface area contributed by atoms with Crippen molar-refractivity contribution in [2.24, 2.45) is 4.99 Å². The molecule has 0 unspecified atom stereocenters. The van der Waals surface area contributed by atoms with Crippen LogP contribution in [0.1, 0.15) is 25.7 Å². The van der Waals surface area contributed by atoms with Crippen LogP contribution in [0.5, 0.6) is 11.6 Å². The second-order valence-corrected chi connectivity index (χ2v) is 10.3. The van der Waals surface area contributed by atoms with Gasteiger partial charge < -0.3 is 24.5 Å². The van der Waals surface area contributed by atoms with E-state index in [1.165, 1.54) is 43.5 Å². The Kier molecular flexibility index (Phi) is 7.61. The van der Waals surface area contributed by atoms with Gasteiger partial charge in [-0.05, 0) is 86.3 Å². The van der Waals surface area contributed by atoms with Crippen molar-refractivity contribution in [2.45, 2.75) is 44.2 Å². The highest BCUT2D eigenvalue weighted by atomic mass is 19.4. The van der Waals surface area contributed by atoms with E-state index in [9.17, 15) is 22.7 Å². The van der Waals surface area contributed by atoms with Crippen molar-refractivity contribution < 1.29 is 32.1 Å². The minimum atomic E-state index is -4.83. The number of halogens is 4. The van der Waals surface area contributed by atoms with Gasteiger partial charge in [-0.1, -0.05) is 0 Å². The molecule has 0 amide bonds. The molecule has 1 aromatic heterocycles. The molecule has 2 aliphatic carbocycles. The molecule has 12 heteroatoms. The van der Waals surface area contributed by atoms with Gasteiger partial charge in [0, 0.05) is 18.0 Å². The van der Waals surface area contributed by atoms with Crippen LogP contribution in [0, 0.1) is 5.82 Å². The number of rotatable bonds is 6. The third kappa shape index (κ3) is 6.24. The first-order valence-corrected chi connectivity index (χ1v) is 13.7. The minimum Gasteiger partial charge on any atom is -0.480 e. The van der Waals surface area contributed by atoms with Crippen LogP contribution in [-0.2, 0) is 0 Å². The molecule has 8 nitrogen and oxygen atoms in total. The molecule has 0 atom stereocenters. The lowest BCUT2D eigenvalue weighted by atomic mass is 9.93. The maximum absolute atomic E-state index is 14.3. The van der Waals surface area contributed by atoms with Crippen LogP contribution in [0.3, 0.4) is 0 Å². The Labute approximate surface area is 243 Å². The molecule has 0 saturated heterocycles. The van der Waals surface area contributed by atoms with Gasteiger partial charge in [0.25, 0.3) is 0 Å². The Morgan fingerprint density at radius 1 is 0.977 bits per heavy atom. The zero-order chi connectivity index (χ0) is 30.1. The second kappa shape index (κ2) is 11.5. The number of nitrogens with one attached hydrogen (secondary N) is 1. The number of ether oxygens (including phenoxy) is 2. The monoisotopic (exact) mass is 593 g/mol. The van der Waals surface area contributed by atoms with Crippen LogP contribution in [0.2, 0.25) is 0 Å². The van der Waals surface area contributed by atoms with Crippen LogP contribution < -0.4 is 20.1 Å². The van der Waals surface area contributed by atoms with E-state index in [2.05, 4.69) is 15.0 Å². The Hall–Kier alpha value is -4.71. The normalized spacial score (nSPS) is 17.8. The maximum atomic E-state index is 14.3. The SMILES string of the molecule is COc1ncccc1Nc1cc2nc3cc(F)ccc3n(-c3ccc(OC(F)(F)F)cc3)c-2cc1=NC1CCC(O)CC1. The Bertz CT molecular complexity index is 1800. The average Bonchev–Trinajstić information content (AvgIpc) is 2.97. The Morgan fingerprint density at radius 3 is 2.47 bits per heavy atom. The van der Waals surface area contributed by atoms with E-state index >= 15 is 0 Å². The molecule has 0 spiro atoms. The van der Waals surface area contributed by atoms with Crippen molar-refractivity contribution in [2.75, 3.05) is 12.4 Å². The molecule has 3 aromatic rings. The molecule has 1 fully saturated rings. The summed E-state index contributed by atoms with van der Waals surface area (Å²) in [6, 6.07) is 16.8. The minimum absolute atomic E-state index is 0.0352. The molecule has 3 aliphatic rings. The summed E-state index contributed by atoms with van der Waals surface area (Å²) in [7, 11) is 1.52. The van der Waals surface area contributed by atoms with E-state index in [1.807, 2.05) is 12.1 Å². The number of fused-ring (bicyclic) bond motifs is 2. The lowest BCUT2D eigenvalue weighted by Crippen LogP contribution is -2.24. The van der Waals surface area contributed by atoms with Crippen molar-refractivity contribution in [3.8, 4) is 28.7 Å². The van der Waals surface area contributed by atoms with E-state index in [1.54, 1.807) is 29.0 Å². The number of alkyl halides is 3. The first-order chi connectivity index (χ1) is 20.7. The second-order valence-electron chi connectivity index (χ2n) is 10.3. The highest BCUT2D eigenvalue weighted by molar-refractivity contribution is 5.84. The molecule has 222 valence electrons. The predicted octanol–water partition coefficient (Wildman–Crippen LogP) is 6.52. The molecular weight excluding hydrogens is 566 g/mol. The number of aliphatic hydroxyl groups excluding tert-OH is 1. The standard InChI is InChI=1S/C31H27F4N5O3/c1-42-30-23(3-2-14-36-30)38-24-16-27-29(17-25(24)37-19-5-9-21(41)10-6-19)40(28-13-4-18(32)15-26(28)39-27)20-7-11-22(12-8-20)43-31(33,34)35/h2-4,7-8,11-17,19,21,38,41H,5-6,9-10H2,1H3. The summed E-state index contributed by atoms with van der Waals surface area (Å²) >= 11 is 0. The van der Waals surface area contributed by atoms with E-state index in [4.69, 9.17) is 14.7 Å². The van der Waals surface area contributed by atoms with Gasteiger partial charge in [-0.25, -0.2) is 14.4 Å². The third-order valence-electron chi connectivity index (χ3n) is 7.30. The Morgan fingerprint density at radius 2 is 1.74 bits per heavy atom. The van der Waals surface area contributed by atoms with Crippen LogP contribution in [-0.4, -0.2) is 45.3 Å². The molecule has 2 N–H and O–H groups in total. The van der Waals surface area contributed by atoms with Gasteiger partial charge >= 0.3 is 6.36 Å². The predicted molar refractivity (Wildman–Crippen MR) is 152 cm³/mol. The van der Waals surface area contributed by atoms with Gasteiger partial charge in [0.15, 0.2) is 0 Å². The molecule has 6 rings (SSSR count). The average molecular weight is 594 g/mol. The molecule has 2 aromatic carbocycles. The van der Waals surface area contributed by atoms with Crippen LogP contribution in [0.25, 0.3) is 28.1 Å². The van der Waals surface area contributed by atoms with Crippen molar-refractivity contribution >= 4 is 22.4 Å². The number of hydrogen-bond donors (Lipinski definition) is 2. The number of hydrogen-bond acceptors (Lipinski definition) is 7. The lowest BCUT2D eigenvalue weighted by Gasteiger charge is -2.23. The first kappa shape index (κ1) is 28.4. The van der Waals surface area contributed by atoms with Gasteiger partial charge in [0.05, 0.1) is 52.7 Å². The largest absolute Gasteiger partial charge is 0.573 e. The maximum Gasteiger partial charge on any atom is 0.573 e. The zero-order valence-corrected chi connectivity index (χ0v) is 23.0. The number of pyridine rings is 1. The van der Waals surface area contributed by atoms with Crippen molar-refractivity contribution in [1.82, 2.24) is 14.5 Å². The van der Waals surface area contributed by atoms with E-state index < -0.39 is 12.2 Å². The van der Waals surface area contributed by atoms with Gasteiger partial charge in [0.2, 0.25) is 5.88 Å². The molecule has 1 aliphatic heterocycles. The van der Waals surface area contributed by atoms with Crippen LogP contribution in [0.15, 0.2) is 77.9 Å². The lowest BCUT2D eigenvalue weighted by molar-refractivity contribution is -0.274. The topological polar surface area (TPSA) is 93.8 Å². The number of nitrogens with zero attached hydrogens (tertiary/aromatic N) is 4. The molecule has 2 heterocycles. The number of anilines is 2. The van der Waals surface area contributed by atoms with Crippen LogP contribution >= 0.6 is 0 Å². The highest BCUT2D eigenvalue weighted by Crippen LogP contribution is 2.33. The summed E-state index contributed by atoms with van der Waals surface area (Å²) in [6.45, 7) is 0. The summed E-state index contributed by atoms with van der Waals surface area (Å²) in [5.41, 5.74) is 3.69. The summed E-state index contributed by atoms with van der Waals surface area (Å²) in [5, 5.41) is 14.0. The van der Waals surface area contributed by atoms with Gasteiger partial charge in [-0.3, -0.25) is 4.99 Å². The number of aliphatic hydroxyl groups is 1. The Balaban J connectivity index is 1.57. The number of methoxy groups -OCH3 is 1. The summed E-state index contributed by atoms with van der Waals surface area (Å²) in [4.78, 5) is 14.1. The fourth-order valence-electron chi connectivity index (χ4n) is 5.33. The first-order valence-electron chi connectivity index (χ1n) is 13.7. The number of aromatic nitrogens is 3. The molecule has 0 radical (unpaired) electrons. The number of benzene rings is 3. The van der Waals surface area contributed by atoms with Gasteiger partial charge in [-0.2, -0.15) is 0 Å². The van der Waals surface area contributed by atoms with E-state index in [-0.39, 0.29) is 17.9 Å². The van der Waals surface area contributed by atoms with Gasteiger partial charge in [0.1, 0.15) is 17.3 Å². The molecule has 43 heavy (non-hydrogen) atoms. The quantitative estimate of drug-likeness (QED) is 0.172. The van der Waals surface area contributed by atoms with Gasteiger partial charge in [-0.15, -0.1) is 13.2 Å². The summed E-state index contributed by atoms with van der Waals surface area (Å²) in [5.74, 6) is -0.471. The summed E-state index contributed by atoms with van der Waals surface area (Å²) in [6.07, 6.45) is -0.846. The molecule has 1 saturated carbocycles. The molecule has 0 bridgehead atoms. The van der Waals surface area contributed by atoms with Crippen molar-refractivity contribution in [3.05, 3.63) is 84.1 Å². The molecular formula is C31H27F4N5O3. The van der Waals surface area contributed by atoms with E-state index in [0.717, 1.165) is 0 Å². The summed E-state index contributed by atoms with van der Waals surface area (Å²) < 4.78 is 64.0. The third-order valence-corrected chi connectivity index (χ3v) is 7.30. The fourth-order valence-corrected chi connectivity index (χ4v) is 5.33. The highest BCUT2D eigenvalue weighted by Gasteiger charge is 2.31. The van der Waals surface area contributed by atoms with Crippen LogP contribution in [0.4, 0.5) is 28.9 Å². The smallest absolute Gasteiger partial charge is 0.480 e. The van der Waals surface area contributed by atoms with Crippen molar-refractivity contribution in [3.63, 3.8) is 0 Å². The van der Waals surface area contributed by atoms with Crippen molar-refractivity contribution in [1.29, 1.82) is 0 Å². The van der Waals surface area contributed by atoms with E-state index in [0.29, 0.717) is 76.4 Å². The zero-order valence-electron chi connectivity index (χ0n) is 23.0. The fraction of sp³-hybridized carbons (Fsp3) is 0.258.